The minimum atomic E-state index is -3.21. The van der Waals surface area contributed by atoms with Gasteiger partial charge in [-0.1, -0.05) is 24.3 Å². The molecule has 9 heteroatoms. The molecule has 0 saturated carbocycles. The summed E-state index contributed by atoms with van der Waals surface area (Å²) in [5.41, 5.74) is 0.000880. The van der Waals surface area contributed by atoms with Gasteiger partial charge in [0.05, 0.1) is 6.42 Å². The fourth-order valence-electron chi connectivity index (χ4n) is 3.16. The zero-order chi connectivity index (χ0) is 17.5. The Morgan fingerprint density at radius 2 is 1.88 bits per heavy atom. The van der Waals surface area contributed by atoms with Crippen LogP contribution in [0.25, 0.3) is 0 Å². The summed E-state index contributed by atoms with van der Waals surface area (Å²) in [6.45, 7) is 0. The molecule has 24 heavy (non-hydrogen) atoms. The van der Waals surface area contributed by atoms with Gasteiger partial charge in [-0.3, -0.25) is 23.4 Å². The summed E-state index contributed by atoms with van der Waals surface area (Å²) in [6, 6.07) is 6.67. The number of carbonyl (C=O) groups excluding carboxylic acids is 2. The van der Waals surface area contributed by atoms with Gasteiger partial charge in [0.25, 0.3) is 0 Å². The van der Waals surface area contributed by atoms with Crippen LogP contribution in [0.5, 0.6) is 0 Å². The first-order valence-corrected chi connectivity index (χ1v) is 9.04. The molecule has 5 N–H and O–H groups in total. The van der Waals surface area contributed by atoms with E-state index in [1.807, 2.05) is 0 Å². The first-order chi connectivity index (χ1) is 11.2. The fraction of sp³-hybridized carbons (Fsp3) is 0.400. The number of carbonyl (C=O) groups is 3. The van der Waals surface area contributed by atoms with Crippen LogP contribution < -0.4 is 10.0 Å². The number of carboxylic acid groups (broad SMARTS) is 1. The van der Waals surface area contributed by atoms with Crippen LogP contribution in [0.15, 0.2) is 24.3 Å². The van der Waals surface area contributed by atoms with E-state index in [0.717, 1.165) is 0 Å². The summed E-state index contributed by atoms with van der Waals surface area (Å²) >= 11 is 0. The molecule has 0 aliphatic carbocycles. The van der Waals surface area contributed by atoms with Gasteiger partial charge in [-0.15, -0.1) is 10.8 Å². The third-order valence-electron chi connectivity index (χ3n) is 4.46. The topological polar surface area (TPSA) is 136 Å². The van der Waals surface area contributed by atoms with Crippen molar-refractivity contribution in [1.29, 1.82) is 0 Å². The highest BCUT2D eigenvalue weighted by molar-refractivity contribution is 8.23. The smallest absolute Gasteiger partial charge is 0.329 e. The van der Waals surface area contributed by atoms with Crippen molar-refractivity contribution in [3.63, 3.8) is 0 Å². The average molecular weight is 354 g/mol. The minimum absolute atomic E-state index is 0.00317. The normalized spacial score (nSPS) is 29.8. The molecule has 3 rings (SSSR count). The summed E-state index contributed by atoms with van der Waals surface area (Å²) in [4.78, 5) is 34.3. The number of nitrogens with one attached hydrogen (secondary N) is 2. The number of rotatable bonds is 4. The number of hydrogen-bond acceptors (Lipinski definition) is 5. The molecule has 0 aromatic heterocycles. The van der Waals surface area contributed by atoms with Crippen molar-refractivity contribution in [3.05, 3.63) is 35.4 Å². The van der Waals surface area contributed by atoms with Crippen LogP contribution >= 0.6 is 10.8 Å². The average Bonchev–Trinajstić information content (AvgIpc) is 3.00. The first kappa shape index (κ1) is 16.7. The maximum absolute atomic E-state index is 11.5. The predicted molar refractivity (Wildman–Crippen MR) is 86.2 cm³/mol. The Hall–Kier alpha value is -2.10. The van der Waals surface area contributed by atoms with E-state index < -0.39 is 33.4 Å². The monoisotopic (exact) mass is 354 g/mol. The summed E-state index contributed by atoms with van der Waals surface area (Å²) < 4.78 is 22.0. The van der Waals surface area contributed by atoms with Crippen LogP contribution in [0, 0.1) is 0 Å². The Bertz CT molecular complexity index is 704. The summed E-state index contributed by atoms with van der Waals surface area (Å²) in [7, 11) is -3.21. The SMILES string of the molecule is O=C1CCC(Cc2ccc(C3CC(=O)NS3(O)O)cc2)(C(=O)O)N1. The molecule has 8 nitrogen and oxygen atoms in total. The number of aliphatic carboxylic acids is 1. The largest absolute Gasteiger partial charge is 0.479 e. The maximum Gasteiger partial charge on any atom is 0.329 e. The molecule has 2 aliphatic rings. The quantitative estimate of drug-likeness (QED) is 0.551. The Morgan fingerprint density at radius 1 is 1.21 bits per heavy atom. The van der Waals surface area contributed by atoms with Crippen molar-refractivity contribution in [2.75, 3.05) is 0 Å². The zero-order valence-corrected chi connectivity index (χ0v) is 13.5. The summed E-state index contributed by atoms with van der Waals surface area (Å²) in [5.74, 6) is -1.77. The van der Waals surface area contributed by atoms with E-state index in [-0.39, 0.29) is 31.6 Å². The minimum Gasteiger partial charge on any atom is -0.479 e. The predicted octanol–water partition coefficient (Wildman–Crippen LogP) is 1.19. The van der Waals surface area contributed by atoms with E-state index in [4.69, 9.17) is 0 Å². The highest BCUT2D eigenvalue weighted by Crippen LogP contribution is 2.56. The van der Waals surface area contributed by atoms with Gasteiger partial charge in [-0.25, -0.2) is 4.79 Å². The van der Waals surface area contributed by atoms with Gasteiger partial charge in [0, 0.05) is 12.8 Å². The number of hydrogen-bond donors (Lipinski definition) is 5. The second kappa shape index (κ2) is 5.76. The van der Waals surface area contributed by atoms with Gasteiger partial charge in [0.1, 0.15) is 10.8 Å². The van der Waals surface area contributed by atoms with Gasteiger partial charge in [0.15, 0.2) is 0 Å². The highest BCUT2D eigenvalue weighted by Gasteiger charge is 2.44. The lowest BCUT2D eigenvalue weighted by Crippen LogP contribution is -2.50. The van der Waals surface area contributed by atoms with Gasteiger partial charge in [-0.05, 0) is 17.5 Å². The van der Waals surface area contributed by atoms with Crippen LogP contribution in [0.1, 0.15) is 35.6 Å². The molecule has 0 radical (unpaired) electrons. The molecule has 2 amide bonds. The molecule has 1 aromatic rings. The standard InChI is InChI=1S/C15H18N2O6S/c18-12-5-6-15(16-12,14(20)21)8-9-1-3-10(4-2-9)11-7-13(19)17-24(11,22)23/h1-4,11,22-23H,5-8H2,(H,16,18)(H,17,19)(H,20,21). The van der Waals surface area contributed by atoms with Crippen LogP contribution in [0.3, 0.4) is 0 Å². The number of amides is 2. The Kier molecular flexibility index (Phi) is 4.02. The van der Waals surface area contributed by atoms with Crippen LogP contribution in [0.4, 0.5) is 0 Å². The molecule has 0 spiro atoms. The molecule has 2 unspecified atom stereocenters. The summed E-state index contributed by atoms with van der Waals surface area (Å²) in [5, 5.41) is 11.3. The van der Waals surface area contributed by atoms with E-state index in [1.165, 1.54) is 0 Å². The van der Waals surface area contributed by atoms with Gasteiger partial charge in [-0.2, -0.15) is 0 Å². The molecule has 2 aliphatic heterocycles. The third-order valence-corrected chi connectivity index (χ3v) is 6.22. The van der Waals surface area contributed by atoms with E-state index in [1.54, 1.807) is 24.3 Å². The highest BCUT2D eigenvalue weighted by atomic mass is 32.3. The van der Waals surface area contributed by atoms with Crippen molar-refractivity contribution in [3.8, 4) is 0 Å². The lowest BCUT2D eigenvalue weighted by atomic mass is 9.89. The molecular weight excluding hydrogens is 336 g/mol. The zero-order valence-electron chi connectivity index (χ0n) is 12.7. The molecule has 2 fully saturated rings. The number of carboxylic acids is 1. The van der Waals surface area contributed by atoms with E-state index >= 15 is 0 Å². The summed E-state index contributed by atoms with van der Waals surface area (Å²) in [6.07, 6.45) is 0.550. The Balaban J connectivity index is 1.79. The lowest BCUT2D eigenvalue weighted by molar-refractivity contribution is -0.145. The van der Waals surface area contributed by atoms with Crippen LogP contribution in [0.2, 0.25) is 0 Å². The molecule has 2 heterocycles. The first-order valence-electron chi connectivity index (χ1n) is 7.43. The van der Waals surface area contributed by atoms with Crippen molar-refractivity contribution in [1.82, 2.24) is 10.0 Å². The van der Waals surface area contributed by atoms with E-state index in [2.05, 4.69) is 10.0 Å². The molecule has 130 valence electrons. The van der Waals surface area contributed by atoms with Gasteiger partial charge in [0.2, 0.25) is 11.8 Å². The van der Waals surface area contributed by atoms with E-state index in [0.29, 0.717) is 11.1 Å². The second-order valence-corrected chi connectivity index (χ2v) is 8.12. The number of benzene rings is 1. The fourth-order valence-corrected chi connectivity index (χ4v) is 4.64. The molecule has 0 bridgehead atoms. The molecular formula is C15H18N2O6S. The maximum atomic E-state index is 11.5. The Labute approximate surface area is 139 Å². The second-order valence-electron chi connectivity index (χ2n) is 6.16. The van der Waals surface area contributed by atoms with Crippen LogP contribution in [-0.2, 0) is 20.8 Å². The molecule has 2 atom stereocenters. The van der Waals surface area contributed by atoms with Crippen LogP contribution in [-0.4, -0.2) is 37.5 Å². The van der Waals surface area contributed by atoms with Crippen molar-refractivity contribution < 1.29 is 28.6 Å². The molecule has 2 saturated heterocycles. The third kappa shape index (κ3) is 2.97. The van der Waals surface area contributed by atoms with Crippen molar-refractivity contribution in [2.45, 2.75) is 36.5 Å². The van der Waals surface area contributed by atoms with Gasteiger partial charge >= 0.3 is 5.97 Å². The molecule has 1 aromatic carbocycles. The van der Waals surface area contributed by atoms with Crippen molar-refractivity contribution in [2.24, 2.45) is 0 Å². The lowest BCUT2D eigenvalue weighted by Gasteiger charge is -2.33. The van der Waals surface area contributed by atoms with Gasteiger partial charge < -0.3 is 10.4 Å². The Morgan fingerprint density at radius 3 is 2.33 bits per heavy atom. The van der Waals surface area contributed by atoms with Crippen molar-refractivity contribution >= 4 is 28.6 Å². The van der Waals surface area contributed by atoms with E-state index in [9.17, 15) is 28.6 Å².